The Bertz CT molecular complexity index is 489. The second-order valence-corrected chi connectivity index (χ2v) is 4.25. The number of hydrogen-bond donors (Lipinski definition) is 1. The van der Waals surface area contributed by atoms with Gasteiger partial charge in [-0.25, -0.2) is 4.79 Å². The van der Waals surface area contributed by atoms with Crippen LogP contribution in [0.2, 0.25) is 0 Å². The number of aliphatic hydroxyl groups is 1. The van der Waals surface area contributed by atoms with E-state index in [1.165, 1.54) is 25.1 Å². The van der Waals surface area contributed by atoms with Crippen molar-refractivity contribution < 1.29 is 28.2 Å². The van der Waals surface area contributed by atoms with Crippen LogP contribution in [0.1, 0.15) is 18.9 Å². The highest BCUT2D eigenvalue weighted by Gasteiger charge is 2.62. The number of carbonyl (C=O) groups excluding carboxylic acids is 1. The Morgan fingerprint density at radius 1 is 1.53 bits per heavy atom. The van der Waals surface area contributed by atoms with Gasteiger partial charge in [0, 0.05) is 12.0 Å². The van der Waals surface area contributed by atoms with Gasteiger partial charge in [0.2, 0.25) is 0 Å². The fraction of sp³-hybridized carbons (Fsp3) is 0.462. The van der Waals surface area contributed by atoms with E-state index in [1.54, 1.807) is 6.07 Å². The lowest BCUT2D eigenvalue weighted by molar-refractivity contribution is -0.223. The molecule has 0 aromatic heterocycles. The average Bonchev–Trinajstić information content (AvgIpc) is 2.39. The maximum Gasteiger partial charge on any atom is 0.380 e. The highest BCUT2D eigenvalue weighted by molar-refractivity contribution is 5.80. The highest BCUT2D eigenvalue weighted by atomic mass is 19.3. The van der Waals surface area contributed by atoms with Gasteiger partial charge in [-0.2, -0.15) is 8.78 Å². The lowest BCUT2D eigenvalue weighted by Crippen LogP contribution is -2.53. The summed E-state index contributed by atoms with van der Waals surface area (Å²) >= 11 is 0. The van der Waals surface area contributed by atoms with E-state index in [0.29, 0.717) is 0 Å². The van der Waals surface area contributed by atoms with Crippen LogP contribution in [0.3, 0.4) is 0 Å². The van der Waals surface area contributed by atoms with E-state index < -0.39 is 17.5 Å². The van der Waals surface area contributed by atoms with Gasteiger partial charge in [0.25, 0.3) is 0 Å². The van der Waals surface area contributed by atoms with Gasteiger partial charge in [-0.05, 0) is 13.0 Å². The van der Waals surface area contributed by atoms with Gasteiger partial charge in [0.05, 0.1) is 13.2 Å². The Balaban J connectivity index is 2.46. The molecule has 0 bridgehead atoms. The van der Waals surface area contributed by atoms with Crippen LogP contribution >= 0.6 is 0 Å². The minimum atomic E-state index is -4.02. The Hall–Kier alpha value is -1.69. The number of para-hydroxylation sites is 1. The maximum atomic E-state index is 14.2. The van der Waals surface area contributed by atoms with Crippen LogP contribution in [0.4, 0.5) is 8.78 Å². The molecule has 1 heterocycles. The summed E-state index contributed by atoms with van der Waals surface area (Å²) in [6, 6.07) is 5.90. The van der Waals surface area contributed by atoms with Gasteiger partial charge in [-0.1, -0.05) is 18.2 Å². The van der Waals surface area contributed by atoms with Crippen LogP contribution in [-0.2, 0) is 15.1 Å². The van der Waals surface area contributed by atoms with Crippen LogP contribution in [0.15, 0.2) is 24.3 Å². The van der Waals surface area contributed by atoms with Crippen LogP contribution in [-0.4, -0.2) is 30.2 Å². The topological polar surface area (TPSA) is 55.8 Å². The van der Waals surface area contributed by atoms with Crippen molar-refractivity contribution in [1.82, 2.24) is 0 Å². The number of alkyl halides is 2. The van der Waals surface area contributed by atoms with E-state index in [1.807, 2.05) is 0 Å². The van der Waals surface area contributed by atoms with E-state index in [4.69, 9.17) is 4.74 Å². The highest BCUT2D eigenvalue weighted by Crippen LogP contribution is 2.47. The first kappa shape index (κ1) is 13.7. The summed E-state index contributed by atoms with van der Waals surface area (Å²) in [5, 5.41) is 10.3. The number of rotatable bonds is 3. The first-order valence-corrected chi connectivity index (χ1v) is 5.93. The molecule has 1 atom stereocenters. The quantitative estimate of drug-likeness (QED) is 0.853. The molecule has 4 nitrogen and oxygen atoms in total. The van der Waals surface area contributed by atoms with Gasteiger partial charge in [-0.3, -0.25) is 0 Å². The smallest absolute Gasteiger partial charge is 0.380 e. The molecule has 0 saturated heterocycles. The van der Waals surface area contributed by atoms with Gasteiger partial charge >= 0.3 is 11.9 Å². The summed E-state index contributed by atoms with van der Waals surface area (Å²) in [6.45, 7) is 1.15. The fourth-order valence-corrected chi connectivity index (χ4v) is 2.09. The molecule has 0 radical (unpaired) electrons. The van der Waals surface area contributed by atoms with Gasteiger partial charge < -0.3 is 14.6 Å². The molecule has 0 fully saturated rings. The lowest BCUT2D eigenvalue weighted by Gasteiger charge is -2.38. The molecule has 0 saturated carbocycles. The standard InChI is InChI=1S/C13H14F2O4/c1-2-18-11(16)13(14,15)12(17)7-8-19-10-6-4-3-5-9(10)12/h3-6,17H,2,7-8H2,1H3. The zero-order chi connectivity index (χ0) is 14.1. The monoisotopic (exact) mass is 272 g/mol. The molecule has 0 aliphatic carbocycles. The Morgan fingerprint density at radius 3 is 2.89 bits per heavy atom. The zero-order valence-corrected chi connectivity index (χ0v) is 10.4. The Morgan fingerprint density at radius 2 is 2.21 bits per heavy atom. The third-order valence-electron chi connectivity index (χ3n) is 3.11. The molecule has 104 valence electrons. The second kappa shape index (κ2) is 4.77. The van der Waals surface area contributed by atoms with Gasteiger partial charge in [0.15, 0.2) is 5.60 Å². The van der Waals surface area contributed by atoms with Crippen molar-refractivity contribution in [2.24, 2.45) is 0 Å². The molecule has 1 N–H and O–H groups in total. The molecule has 0 amide bonds. The number of hydrogen-bond acceptors (Lipinski definition) is 4. The number of fused-ring (bicyclic) bond motifs is 1. The van der Waals surface area contributed by atoms with E-state index in [-0.39, 0.29) is 30.9 Å². The van der Waals surface area contributed by atoms with E-state index >= 15 is 0 Å². The minimum Gasteiger partial charge on any atom is -0.493 e. The van der Waals surface area contributed by atoms with Crippen LogP contribution < -0.4 is 4.74 Å². The third-order valence-corrected chi connectivity index (χ3v) is 3.11. The molecule has 1 aromatic rings. The van der Waals surface area contributed by atoms with Gasteiger partial charge in [-0.15, -0.1) is 0 Å². The predicted octanol–water partition coefficient (Wildman–Crippen LogP) is 1.86. The molecular formula is C13H14F2O4. The van der Waals surface area contributed by atoms with Crippen molar-refractivity contribution in [3.63, 3.8) is 0 Å². The van der Waals surface area contributed by atoms with Crippen LogP contribution in [0.5, 0.6) is 5.75 Å². The molecule has 0 spiro atoms. The Labute approximate surface area is 108 Å². The molecule has 2 rings (SSSR count). The van der Waals surface area contributed by atoms with Gasteiger partial charge in [0.1, 0.15) is 5.75 Å². The van der Waals surface area contributed by atoms with E-state index in [0.717, 1.165) is 0 Å². The molecule has 19 heavy (non-hydrogen) atoms. The van der Waals surface area contributed by atoms with Crippen LogP contribution in [0.25, 0.3) is 0 Å². The number of benzene rings is 1. The zero-order valence-electron chi connectivity index (χ0n) is 10.4. The van der Waals surface area contributed by atoms with Crippen LogP contribution in [0, 0.1) is 0 Å². The summed E-state index contributed by atoms with van der Waals surface area (Å²) < 4.78 is 37.9. The maximum absolute atomic E-state index is 14.2. The lowest BCUT2D eigenvalue weighted by atomic mass is 9.82. The number of ether oxygens (including phenoxy) is 2. The first-order chi connectivity index (χ1) is 8.93. The molecule has 1 aromatic carbocycles. The molecular weight excluding hydrogens is 258 g/mol. The number of halogens is 2. The SMILES string of the molecule is CCOC(=O)C(F)(F)C1(O)CCOc2ccccc21. The third kappa shape index (κ3) is 2.06. The van der Waals surface area contributed by atoms with E-state index in [9.17, 15) is 18.7 Å². The summed E-state index contributed by atoms with van der Waals surface area (Å²) in [5.41, 5.74) is -2.70. The normalized spacial score (nSPS) is 22.3. The number of carbonyl (C=O) groups is 1. The molecule has 1 aliphatic heterocycles. The minimum absolute atomic E-state index is 0.0947. The van der Waals surface area contributed by atoms with Crippen molar-refractivity contribution >= 4 is 5.97 Å². The molecule has 1 unspecified atom stereocenters. The Kier molecular flexibility index (Phi) is 3.45. The van der Waals surface area contributed by atoms with Crippen molar-refractivity contribution in [3.05, 3.63) is 29.8 Å². The molecule has 1 aliphatic rings. The second-order valence-electron chi connectivity index (χ2n) is 4.25. The number of esters is 1. The largest absolute Gasteiger partial charge is 0.493 e. The van der Waals surface area contributed by atoms with E-state index in [2.05, 4.69) is 4.74 Å². The average molecular weight is 272 g/mol. The van der Waals surface area contributed by atoms with Crippen molar-refractivity contribution in [2.45, 2.75) is 24.9 Å². The predicted molar refractivity (Wildman–Crippen MR) is 62.0 cm³/mol. The summed E-state index contributed by atoms with van der Waals surface area (Å²) in [5.74, 6) is -5.60. The first-order valence-electron chi connectivity index (χ1n) is 5.93. The summed E-state index contributed by atoms with van der Waals surface area (Å²) in [6.07, 6.45) is -0.379. The summed E-state index contributed by atoms with van der Waals surface area (Å²) in [4.78, 5) is 11.4. The fourth-order valence-electron chi connectivity index (χ4n) is 2.09. The molecule has 6 heteroatoms. The van der Waals surface area contributed by atoms with Crippen molar-refractivity contribution in [1.29, 1.82) is 0 Å². The van der Waals surface area contributed by atoms with Crippen molar-refractivity contribution in [3.8, 4) is 5.75 Å². The summed E-state index contributed by atoms with van der Waals surface area (Å²) in [7, 11) is 0. The van der Waals surface area contributed by atoms with Crippen molar-refractivity contribution in [2.75, 3.05) is 13.2 Å².